The summed E-state index contributed by atoms with van der Waals surface area (Å²) in [7, 11) is 0. The smallest absolute Gasteiger partial charge is 0.355 e. The average molecular weight is 412 g/mol. The van der Waals surface area contributed by atoms with Gasteiger partial charge in [-0.25, -0.2) is 9.59 Å². The van der Waals surface area contributed by atoms with Gasteiger partial charge in [-0.3, -0.25) is 4.79 Å². The third-order valence-electron chi connectivity index (χ3n) is 5.21. The first-order valence-corrected chi connectivity index (χ1v) is 10.2. The molecule has 0 saturated carbocycles. The number of esters is 2. The molecule has 2 aromatic rings. The minimum Gasteiger partial charge on any atom is -0.459 e. The summed E-state index contributed by atoms with van der Waals surface area (Å²) >= 11 is 0. The maximum Gasteiger partial charge on any atom is 0.355 e. The van der Waals surface area contributed by atoms with E-state index in [4.69, 9.17) is 9.47 Å². The van der Waals surface area contributed by atoms with Crippen molar-refractivity contribution in [2.45, 2.75) is 66.1 Å². The highest BCUT2D eigenvalue weighted by Crippen LogP contribution is 2.25. The molecule has 1 amide bonds. The van der Waals surface area contributed by atoms with Gasteiger partial charge in [-0.2, -0.15) is 0 Å². The molecule has 0 bridgehead atoms. The fourth-order valence-corrected chi connectivity index (χ4v) is 3.70. The second-order valence-corrected chi connectivity index (χ2v) is 7.95. The lowest BCUT2D eigenvalue weighted by Gasteiger charge is -2.14. The minimum atomic E-state index is -1.00. The lowest BCUT2D eigenvalue weighted by molar-refractivity contribution is -0.123. The third-order valence-corrected chi connectivity index (χ3v) is 5.21. The van der Waals surface area contributed by atoms with Crippen LogP contribution in [0.1, 0.15) is 70.4 Å². The van der Waals surface area contributed by atoms with Crippen LogP contribution in [0.3, 0.4) is 0 Å². The van der Waals surface area contributed by atoms with Gasteiger partial charge < -0.3 is 19.8 Å². The summed E-state index contributed by atoms with van der Waals surface area (Å²) in [6.45, 7) is 8.36. The van der Waals surface area contributed by atoms with Gasteiger partial charge in [0.15, 0.2) is 6.10 Å². The average Bonchev–Trinajstić information content (AvgIpc) is 3.24. The van der Waals surface area contributed by atoms with Gasteiger partial charge in [0.1, 0.15) is 5.69 Å². The number of amides is 1. The van der Waals surface area contributed by atoms with E-state index >= 15 is 0 Å². The number of fused-ring (bicyclic) bond motifs is 1. The fraction of sp³-hybridized carbons (Fsp3) is 0.435. The number of H-pyrrole nitrogens is 1. The van der Waals surface area contributed by atoms with E-state index in [1.54, 1.807) is 27.7 Å². The second kappa shape index (κ2) is 8.73. The number of aromatic nitrogens is 1. The van der Waals surface area contributed by atoms with E-state index < -0.39 is 23.9 Å². The number of benzene rings is 1. The van der Waals surface area contributed by atoms with E-state index in [0.717, 1.165) is 19.3 Å². The molecule has 0 unspecified atom stereocenters. The van der Waals surface area contributed by atoms with Crippen LogP contribution in [0.2, 0.25) is 0 Å². The van der Waals surface area contributed by atoms with E-state index in [0.29, 0.717) is 22.5 Å². The summed E-state index contributed by atoms with van der Waals surface area (Å²) in [5.74, 6) is -1.62. The molecule has 0 radical (unpaired) electrons. The van der Waals surface area contributed by atoms with Crippen LogP contribution in [0.15, 0.2) is 18.2 Å². The van der Waals surface area contributed by atoms with Crippen LogP contribution < -0.4 is 5.32 Å². The highest BCUT2D eigenvalue weighted by molar-refractivity contribution is 6.00. The molecule has 7 heteroatoms. The Balaban J connectivity index is 1.66. The van der Waals surface area contributed by atoms with Gasteiger partial charge in [-0.1, -0.05) is 6.07 Å². The molecule has 0 aliphatic heterocycles. The molecule has 2 N–H and O–H groups in total. The molecule has 0 saturated heterocycles. The van der Waals surface area contributed by atoms with Crippen molar-refractivity contribution in [2.75, 3.05) is 5.32 Å². The molecule has 160 valence electrons. The molecule has 0 spiro atoms. The Morgan fingerprint density at radius 3 is 2.40 bits per heavy atom. The number of aryl methyl sites for hydroxylation is 3. The molecule has 1 aromatic heterocycles. The van der Waals surface area contributed by atoms with Crippen molar-refractivity contribution in [3.8, 4) is 0 Å². The van der Waals surface area contributed by atoms with E-state index in [1.165, 1.54) is 18.1 Å². The summed E-state index contributed by atoms with van der Waals surface area (Å²) in [5, 5.41) is 2.80. The standard InChI is InChI=1S/C23H28N2O5/c1-12(2)29-22(27)19-13(3)20(24-14(19)4)23(28)30-15(5)21(26)25-18-10-9-16-7-6-8-17(16)11-18/h9-12,15,24H,6-8H2,1-5H3,(H,25,26)/t15-/m1/s1. The Morgan fingerprint density at radius 1 is 1.00 bits per heavy atom. The number of hydrogen-bond donors (Lipinski definition) is 2. The monoisotopic (exact) mass is 412 g/mol. The molecule has 1 aromatic carbocycles. The van der Waals surface area contributed by atoms with Crippen molar-refractivity contribution in [3.05, 3.63) is 51.8 Å². The summed E-state index contributed by atoms with van der Waals surface area (Å²) < 4.78 is 10.6. The molecular weight excluding hydrogens is 384 g/mol. The van der Waals surface area contributed by atoms with Crippen LogP contribution in [-0.2, 0) is 27.1 Å². The Kier molecular flexibility index (Phi) is 6.29. The maximum absolute atomic E-state index is 12.6. The van der Waals surface area contributed by atoms with Crippen LogP contribution in [-0.4, -0.2) is 35.0 Å². The zero-order valence-corrected chi connectivity index (χ0v) is 18.0. The van der Waals surface area contributed by atoms with E-state index in [-0.39, 0.29) is 11.8 Å². The van der Waals surface area contributed by atoms with Crippen molar-refractivity contribution >= 4 is 23.5 Å². The molecule has 30 heavy (non-hydrogen) atoms. The molecule has 3 rings (SSSR count). The van der Waals surface area contributed by atoms with Crippen molar-refractivity contribution in [1.29, 1.82) is 0 Å². The first-order valence-electron chi connectivity index (χ1n) is 10.2. The Bertz CT molecular complexity index is 990. The van der Waals surface area contributed by atoms with Gasteiger partial charge in [0.25, 0.3) is 5.91 Å². The third kappa shape index (κ3) is 4.56. The normalized spacial score (nSPS) is 13.7. The van der Waals surface area contributed by atoms with Gasteiger partial charge in [0.2, 0.25) is 0 Å². The number of anilines is 1. The molecule has 1 heterocycles. The second-order valence-electron chi connectivity index (χ2n) is 7.95. The van der Waals surface area contributed by atoms with Crippen LogP contribution in [0.25, 0.3) is 0 Å². The fourth-order valence-electron chi connectivity index (χ4n) is 3.70. The van der Waals surface area contributed by atoms with Crippen molar-refractivity contribution in [2.24, 2.45) is 0 Å². The predicted octanol–water partition coefficient (Wildman–Crippen LogP) is 3.87. The quantitative estimate of drug-likeness (QED) is 0.702. The molecule has 1 atom stereocenters. The Hall–Kier alpha value is -3.09. The van der Waals surface area contributed by atoms with Crippen molar-refractivity contribution in [3.63, 3.8) is 0 Å². The Labute approximate surface area is 176 Å². The highest BCUT2D eigenvalue weighted by atomic mass is 16.6. The largest absolute Gasteiger partial charge is 0.459 e. The van der Waals surface area contributed by atoms with E-state index in [1.807, 2.05) is 18.2 Å². The van der Waals surface area contributed by atoms with Crippen molar-refractivity contribution < 1.29 is 23.9 Å². The van der Waals surface area contributed by atoms with Gasteiger partial charge in [0.05, 0.1) is 11.7 Å². The number of hydrogen-bond acceptors (Lipinski definition) is 5. The first kappa shape index (κ1) is 21.6. The minimum absolute atomic E-state index is 0.139. The van der Waals surface area contributed by atoms with Gasteiger partial charge in [-0.05, 0) is 82.7 Å². The number of carbonyl (C=O) groups is 3. The number of rotatable bonds is 6. The lowest BCUT2D eigenvalue weighted by atomic mass is 10.1. The van der Waals surface area contributed by atoms with Crippen molar-refractivity contribution in [1.82, 2.24) is 4.98 Å². The van der Waals surface area contributed by atoms with Crippen LogP contribution in [0.5, 0.6) is 0 Å². The van der Waals surface area contributed by atoms with E-state index in [9.17, 15) is 14.4 Å². The number of ether oxygens (including phenoxy) is 2. The van der Waals surface area contributed by atoms with Crippen LogP contribution in [0, 0.1) is 13.8 Å². The topological polar surface area (TPSA) is 97.5 Å². The number of aromatic amines is 1. The lowest BCUT2D eigenvalue weighted by Crippen LogP contribution is -2.30. The molecule has 1 aliphatic rings. The van der Waals surface area contributed by atoms with Crippen LogP contribution >= 0.6 is 0 Å². The highest BCUT2D eigenvalue weighted by Gasteiger charge is 2.27. The molecule has 1 aliphatic carbocycles. The number of carbonyl (C=O) groups excluding carboxylic acids is 3. The Morgan fingerprint density at radius 2 is 1.70 bits per heavy atom. The van der Waals surface area contributed by atoms with Gasteiger partial charge >= 0.3 is 11.9 Å². The first-order chi connectivity index (χ1) is 14.2. The molecular formula is C23H28N2O5. The summed E-state index contributed by atoms with van der Waals surface area (Å²) in [4.78, 5) is 40.3. The SMILES string of the molecule is Cc1[nH]c(C(=O)O[C@H](C)C(=O)Nc2ccc3c(c2)CCC3)c(C)c1C(=O)OC(C)C. The number of nitrogens with one attached hydrogen (secondary N) is 2. The predicted molar refractivity (Wildman–Crippen MR) is 113 cm³/mol. The summed E-state index contributed by atoms with van der Waals surface area (Å²) in [5.41, 5.74) is 4.66. The van der Waals surface area contributed by atoms with Crippen LogP contribution in [0.4, 0.5) is 5.69 Å². The molecule has 0 fully saturated rings. The maximum atomic E-state index is 12.6. The summed E-state index contributed by atoms with van der Waals surface area (Å²) in [6, 6.07) is 5.86. The zero-order chi connectivity index (χ0) is 22.0. The zero-order valence-electron chi connectivity index (χ0n) is 18.0. The van der Waals surface area contributed by atoms with Gasteiger partial charge in [-0.15, -0.1) is 0 Å². The van der Waals surface area contributed by atoms with Gasteiger partial charge in [0, 0.05) is 11.4 Å². The summed E-state index contributed by atoms with van der Waals surface area (Å²) in [6.07, 6.45) is 1.93. The van der Waals surface area contributed by atoms with E-state index in [2.05, 4.69) is 10.3 Å². The molecule has 7 nitrogen and oxygen atoms in total.